The van der Waals surface area contributed by atoms with Crippen molar-refractivity contribution in [1.29, 1.82) is 0 Å². The van der Waals surface area contributed by atoms with Crippen molar-refractivity contribution >= 4 is 16.1 Å². The van der Waals surface area contributed by atoms with E-state index in [4.69, 9.17) is 8.60 Å². The van der Waals surface area contributed by atoms with Gasteiger partial charge >= 0.3 is 16.1 Å². The number of nitrogens with one attached hydrogen (secondary N) is 1. The Morgan fingerprint density at radius 1 is 1.06 bits per heavy atom. The average molecular weight is 447 g/mol. The highest BCUT2D eigenvalue weighted by molar-refractivity contribution is 7.87. The summed E-state index contributed by atoms with van der Waals surface area (Å²) >= 11 is 0. The first-order valence-corrected chi connectivity index (χ1v) is 11.0. The first-order chi connectivity index (χ1) is 14.7. The molecule has 3 rings (SSSR count). The van der Waals surface area contributed by atoms with E-state index in [1.54, 1.807) is 30.3 Å². The summed E-state index contributed by atoms with van der Waals surface area (Å²) in [4.78, 5) is 14.0. The van der Waals surface area contributed by atoms with Gasteiger partial charge in [-0.05, 0) is 56.3 Å². The molecule has 0 atom stereocenters. The van der Waals surface area contributed by atoms with Gasteiger partial charge in [0.05, 0.1) is 19.4 Å². The number of hydrogen-bond donors (Lipinski definition) is 1. The molecule has 0 fully saturated rings. The van der Waals surface area contributed by atoms with E-state index in [1.807, 2.05) is 13.8 Å². The Balaban J connectivity index is 1.86. The second-order valence-corrected chi connectivity index (χ2v) is 8.69. The second kappa shape index (κ2) is 9.65. The number of urea groups is 1. The zero-order valence-electron chi connectivity index (χ0n) is 17.1. The minimum atomic E-state index is -4.18. The molecule has 0 aliphatic carbocycles. The van der Waals surface area contributed by atoms with E-state index in [0.29, 0.717) is 11.3 Å². The molecular weight excluding hydrogens is 423 g/mol. The highest BCUT2D eigenvalue weighted by atomic mass is 32.2. The molecule has 0 radical (unpaired) electrons. The van der Waals surface area contributed by atoms with Crippen LogP contribution in [0.3, 0.4) is 0 Å². The predicted octanol–water partition coefficient (Wildman–Crippen LogP) is 4.31. The number of carbonyl (C=O) groups excluding carboxylic acids is 1. The number of benzene rings is 2. The molecule has 9 heteroatoms. The summed E-state index contributed by atoms with van der Waals surface area (Å²) in [7, 11) is -4.18. The number of carbonyl (C=O) groups is 1. The largest absolute Gasteiger partial charge is 0.467 e. The van der Waals surface area contributed by atoms with Crippen molar-refractivity contribution in [3.8, 4) is 5.75 Å². The Kier molecular flexibility index (Phi) is 6.96. The lowest BCUT2D eigenvalue weighted by atomic mass is 10.2. The topological polar surface area (TPSA) is 88.8 Å². The highest BCUT2D eigenvalue weighted by Gasteiger charge is 2.22. The van der Waals surface area contributed by atoms with Crippen LogP contribution in [0.15, 0.2) is 76.2 Å². The fourth-order valence-electron chi connectivity index (χ4n) is 2.82. The molecule has 0 aliphatic heterocycles. The van der Waals surface area contributed by atoms with Gasteiger partial charge in [0, 0.05) is 11.6 Å². The lowest BCUT2D eigenvalue weighted by molar-refractivity contribution is 0.184. The highest BCUT2D eigenvalue weighted by Crippen LogP contribution is 2.25. The van der Waals surface area contributed by atoms with Gasteiger partial charge in [-0.15, -0.1) is 0 Å². The minimum absolute atomic E-state index is 0.0774. The SMILES string of the molecule is CC(C)NC(=O)N(Cc1ccco1)Cc1ccccc1OS(=O)(=O)c1ccc(F)cc1. The smallest absolute Gasteiger partial charge is 0.339 e. The van der Waals surface area contributed by atoms with Crippen molar-refractivity contribution in [2.45, 2.75) is 37.9 Å². The summed E-state index contributed by atoms with van der Waals surface area (Å²) in [5, 5.41) is 2.83. The van der Waals surface area contributed by atoms with Crippen LogP contribution in [0.2, 0.25) is 0 Å². The van der Waals surface area contributed by atoms with Crippen molar-refractivity contribution in [2.24, 2.45) is 0 Å². The summed E-state index contributed by atoms with van der Waals surface area (Å²) in [5.74, 6) is 0.105. The molecule has 0 aliphatic rings. The Hall–Kier alpha value is -3.33. The van der Waals surface area contributed by atoms with Gasteiger partial charge in [-0.1, -0.05) is 18.2 Å². The van der Waals surface area contributed by atoms with Crippen LogP contribution in [0.5, 0.6) is 5.75 Å². The van der Waals surface area contributed by atoms with Gasteiger partial charge in [0.2, 0.25) is 0 Å². The molecule has 0 saturated heterocycles. The van der Waals surface area contributed by atoms with E-state index in [0.717, 1.165) is 24.3 Å². The van der Waals surface area contributed by atoms with Gasteiger partial charge < -0.3 is 18.8 Å². The van der Waals surface area contributed by atoms with E-state index < -0.39 is 15.9 Å². The molecule has 0 spiro atoms. The van der Waals surface area contributed by atoms with E-state index in [-0.39, 0.29) is 35.8 Å². The van der Waals surface area contributed by atoms with Gasteiger partial charge in [0.1, 0.15) is 22.2 Å². The maximum absolute atomic E-state index is 13.1. The van der Waals surface area contributed by atoms with Crippen molar-refractivity contribution in [3.63, 3.8) is 0 Å². The second-order valence-electron chi connectivity index (χ2n) is 7.14. The third-order valence-electron chi connectivity index (χ3n) is 4.26. The number of halogens is 1. The number of furan rings is 1. The standard InChI is InChI=1S/C22H23FN2O5S/c1-16(2)24-22(26)25(15-19-7-5-13-29-19)14-17-6-3-4-8-21(17)30-31(27,28)20-11-9-18(23)10-12-20/h3-13,16H,14-15H2,1-2H3,(H,24,26). The number of hydrogen-bond acceptors (Lipinski definition) is 5. The Bertz CT molecular complexity index is 1110. The minimum Gasteiger partial charge on any atom is -0.467 e. The Labute approximate surface area is 180 Å². The molecule has 164 valence electrons. The molecule has 1 N–H and O–H groups in total. The maximum atomic E-state index is 13.1. The summed E-state index contributed by atoms with van der Waals surface area (Å²) in [5.41, 5.74) is 0.485. The summed E-state index contributed by atoms with van der Waals surface area (Å²) < 4.78 is 49.1. The molecule has 0 bridgehead atoms. The zero-order chi connectivity index (χ0) is 22.4. The van der Waals surface area contributed by atoms with Gasteiger partial charge in [0.15, 0.2) is 0 Å². The van der Waals surface area contributed by atoms with E-state index in [9.17, 15) is 17.6 Å². The predicted molar refractivity (Wildman–Crippen MR) is 112 cm³/mol. The summed E-state index contributed by atoms with van der Waals surface area (Å²) in [6.45, 7) is 3.95. The monoisotopic (exact) mass is 446 g/mol. The molecule has 7 nitrogen and oxygen atoms in total. The molecule has 0 unspecified atom stereocenters. The zero-order valence-corrected chi connectivity index (χ0v) is 17.9. The molecule has 3 aromatic rings. The van der Waals surface area contributed by atoms with Crippen LogP contribution in [-0.2, 0) is 23.2 Å². The summed E-state index contributed by atoms with van der Waals surface area (Å²) in [6.07, 6.45) is 1.51. The van der Waals surface area contributed by atoms with Crippen molar-refractivity contribution in [1.82, 2.24) is 10.2 Å². The number of amides is 2. The molecule has 2 aromatic carbocycles. The molecule has 2 amide bonds. The number of nitrogens with zero attached hydrogens (tertiary/aromatic N) is 1. The molecule has 31 heavy (non-hydrogen) atoms. The normalized spacial score (nSPS) is 11.4. The van der Waals surface area contributed by atoms with E-state index in [1.165, 1.54) is 17.2 Å². The Morgan fingerprint density at radius 2 is 1.77 bits per heavy atom. The summed E-state index contributed by atoms with van der Waals surface area (Å²) in [6, 6.07) is 13.9. The van der Waals surface area contributed by atoms with Crippen LogP contribution in [0, 0.1) is 5.82 Å². The first-order valence-electron chi connectivity index (χ1n) is 9.60. The number of rotatable bonds is 8. The quantitative estimate of drug-likeness (QED) is 0.521. The van der Waals surface area contributed by atoms with Gasteiger partial charge in [-0.2, -0.15) is 8.42 Å². The molecule has 1 heterocycles. The lowest BCUT2D eigenvalue weighted by Crippen LogP contribution is -2.42. The van der Waals surface area contributed by atoms with Crippen LogP contribution in [-0.4, -0.2) is 25.4 Å². The van der Waals surface area contributed by atoms with Gasteiger partial charge in [-0.3, -0.25) is 0 Å². The Morgan fingerprint density at radius 3 is 2.42 bits per heavy atom. The van der Waals surface area contributed by atoms with Crippen LogP contribution < -0.4 is 9.50 Å². The third kappa shape index (κ3) is 6.08. The van der Waals surface area contributed by atoms with Crippen molar-refractivity contribution in [2.75, 3.05) is 0 Å². The maximum Gasteiger partial charge on any atom is 0.339 e. The first kappa shape index (κ1) is 22.4. The van der Waals surface area contributed by atoms with Crippen molar-refractivity contribution in [3.05, 3.63) is 84.1 Å². The third-order valence-corrected chi connectivity index (χ3v) is 5.51. The van der Waals surface area contributed by atoms with E-state index in [2.05, 4.69) is 5.32 Å². The van der Waals surface area contributed by atoms with Crippen LogP contribution in [0.1, 0.15) is 25.2 Å². The van der Waals surface area contributed by atoms with Crippen LogP contribution in [0.25, 0.3) is 0 Å². The van der Waals surface area contributed by atoms with Crippen molar-refractivity contribution < 1.29 is 26.2 Å². The van der Waals surface area contributed by atoms with E-state index >= 15 is 0 Å². The fourth-order valence-corrected chi connectivity index (χ4v) is 3.78. The van der Waals surface area contributed by atoms with Crippen LogP contribution in [0.4, 0.5) is 9.18 Å². The average Bonchev–Trinajstić information content (AvgIpc) is 3.21. The lowest BCUT2D eigenvalue weighted by Gasteiger charge is -2.24. The number of para-hydroxylation sites is 1. The molecule has 0 saturated carbocycles. The fraction of sp³-hybridized carbons (Fsp3) is 0.227. The van der Waals surface area contributed by atoms with Gasteiger partial charge in [-0.25, -0.2) is 9.18 Å². The molecular formula is C22H23FN2O5S. The van der Waals surface area contributed by atoms with Gasteiger partial charge in [0.25, 0.3) is 0 Å². The molecule has 1 aromatic heterocycles. The van der Waals surface area contributed by atoms with Crippen LogP contribution >= 0.6 is 0 Å².